The summed E-state index contributed by atoms with van der Waals surface area (Å²) in [6, 6.07) is 3.93. The first-order valence-corrected chi connectivity index (χ1v) is 8.84. The van der Waals surface area contributed by atoms with Crippen molar-refractivity contribution >= 4 is 27.7 Å². The minimum Gasteiger partial charge on any atom is -0.493 e. The van der Waals surface area contributed by atoms with Crippen molar-refractivity contribution in [2.24, 2.45) is 7.05 Å². The maximum Gasteiger partial charge on any atom is 0.191 e. The molecule has 1 saturated carbocycles. The molecule has 1 fully saturated rings. The molecule has 0 N–H and O–H groups in total. The van der Waals surface area contributed by atoms with Gasteiger partial charge in [-0.05, 0) is 30.5 Å². The van der Waals surface area contributed by atoms with Crippen LogP contribution in [0.3, 0.4) is 0 Å². The summed E-state index contributed by atoms with van der Waals surface area (Å²) in [5, 5.41) is 9.56. The van der Waals surface area contributed by atoms with E-state index in [1.165, 1.54) is 12.8 Å². The monoisotopic (exact) mass is 383 g/mol. The van der Waals surface area contributed by atoms with E-state index in [2.05, 4.69) is 30.7 Å². The zero-order chi connectivity index (χ0) is 15.7. The lowest BCUT2D eigenvalue weighted by molar-refractivity contribution is 0.354. The van der Waals surface area contributed by atoms with E-state index in [4.69, 9.17) is 9.47 Å². The van der Waals surface area contributed by atoms with Crippen LogP contribution in [0.4, 0.5) is 0 Å². The van der Waals surface area contributed by atoms with Gasteiger partial charge >= 0.3 is 0 Å². The maximum atomic E-state index is 5.36. The highest BCUT2D eigenvalue weighted by Crippen LogP contribution is 2.40. The molecule has 1 aliphatic carbocycles. The zero-order valence-corrected chi connectivity index (χ0v) is 15.2. The molecule has 1 aliphatic rings. The Kier molecular flexibility index (Phi) is 4.63. The largest absolute Gasteiger partial charge is 0.493 e. The topological polar surface area (TPSA) is 49.2 Å². The van der Waals surface area contributed by atoms with E-state index in [0.29, 0.717) is 5.92 Å². The van der Waals surface area contributed by atoms with E-state index in [0.717, 1.165) is 38.3 Å². The average Bonchev–Trinajstić information content (AvgIpc) is 3.30. The summed E-state index contributed by atoms with van der Waals surface area (Å²) >= 11 is 5.27. The quantitative estimate of drug-likeness (QED) is 0.710. The van der Waals surface area contributed by atoms with Gasteiger partial charge in [-0.15, -0.1) is 10.2 Å². The number of rotatable bonds is 6. The van der Waals surface area contributed by atoms with Gasteiger partial charge in [0.15, 0.2) is 16.7 Å². The second-order valence-electron chi connectivity index (χ2n) is 5.26. The molecular formula is C15H18BrN3O2S. The fraction of sp³-hybridized carbons (Fsp3) is 0.467. The number of hydrogen-bond acceptors (Lipinski definition) is 5. The van der Waals surface area contributed by atoms with Crippen molar-refractivity contribution in [3.63, 3.8) is 0 Å². The Morgan fingerprint density at radius 2 is 1.91 bits per heavy atom. The number of halogens is 1. The molecule has 0 atom stereocenters. The molecule has 1 heterocycles. The van der Waals surface area contributed by atoms with Crippen LogP contribution in [0.5, 0.6) is 11.5 Å². The van der Waals surface area contributed by atoms with Crippen molar-refractivity contribution < 1.29 is 9.47 Å². The molecule has 0 amide bonds. The van der Waals surface area contributed by atoms with Crippen LogP contribution in [0.15, 0.2) is 21.8 Å². The molecule has 0 unspecified atom stereocenters. The maximum absolute atomic E-state index is 5.36. The molecule has 7 heteroatoms. The number of ether oxygens (including phenoxy) is 2. The molecule has 0 spiro atoms. The summed E-state index contributed by atoms with van der Waals surface area (Å²) in [5.41, 5.74) is 1.14. The predicted molar refractivity (Wildman–Crippen MR) is 89.8 cm³/mol. The SMILES string of the molecule is COc1cc(Br)c(CSc2nnc(C3CC3)n2C)cc1OC. The van der Waals surface area contributed by atoms with Crippen LogP contribution >= 0.6 is 27.7 Å². The number of aromatic nitrogens is 3. The van der Waals surface area contributed by atoms with Crippen molar-refractivity contribution in [1.82, 2.24) is 14.8 Å². The van der Waals surface area contributed by atoms with Gasteiger partial charge in [0.05, 0.1) is 14.2 Å². The standard InChI is InChI=1S/C15H18BrN3O2S/c1-19-14(9-4-5-9)17-18-15(19)22-8-10-6-12(20-2)13(21-3)7-11(10)16/h6-7,9H,4-5,8H2,1-3H3. The third-order valence-electron chi connectivity index (χ3n) is 3.72. The first kappa shape index (κ1) is 15.7. The highest BCUT2D eigenvalue weighted by Gasteiger charge is 2.29. The Hall–Kier alpha value is -1.21. The Labute approximate surface area is 142 Å². The lowest BCUT2D eigenvalue weighted by Crippen LogP contribution is -1.98. The minimum atomic E-state index is 0.611. The fourth-order valence-corrected chi connectivity index (χ4v) is 3.86. The first-order valence-electron chi connectivity index (χ1n) is 7.06. The summed E-state index contributed by atoms with van der Waals surface area (Å²) in [4.78, 5) is 0. The molecule has 0 saturated heterocycles. The van der Waals surface area contributed by atoms with Gasteiger partial charge < -0.3 is 14.0 Å². The molecule has 0 aliphatic heterocycles. The molecule has 22 heavy (non-hydrogen) atoms. The van der Waals surface area contributed by atoms with Crippen LogP contribution in [0.2, 0.25) is 0 Å². The zero-order valence-electron chi connectivity index (χ0n) is 12.8. The molecule has 5 nitrogen and oxygen atoms in total. The number of methoxy groups -OCH3 is 2. The van der Waals surface area contributed by atoms with Crippen molar-refractivity contribution in [3.8, 4) is 11.5 Å². The lowest BCUT2D eigenvalue weighted by atomic mass is 10.2. The molecule has 1 aromatic heterocycles. The van der Waals surface area contributed by atoms with Crippen LogP contribution in [0.25, 0.3) is 0 Å². The smallest absolute Gasteiger partial charge is 0.191 e. The fourth-order valence-electron chi connectivity index (χ4n) is 2.30. The van der Waals surface area contributed by atoms with Gasteiger partial charge in [0, 0.05) is 23.2 Å². The summed E-state index contributed by atoms with van der Waals surface area (Å²) < 4.78 is 13.8. The molecule has 118 valence electrons. The first-order chi connectivity index (χ1) is 10.6. The van der Waals surface area contributed by atoms with Crippen LogP contribution in [-0.4, -0.2) is 29.0 Å². The van der Waals surface area contributed by atoms with Gasteiger partial charge in [-0.2, -0.15) is 0 Å². The highest BCUT2D eigenvalue weighted by atomic mass is 79.9. The normalized spacial score (nSPS) is 14.2. The molecule has 3 rings (SSSR count). The van der Waals surface area contributed by atoms with Gasteiger partial charge in [0.1, 0.15) is 5.82 Å². The van der Waals surface area contributed by atoms with Gasteiger partial charge in [-0.3, -0.25) is 0 Å². The number of benzene rings is 1. The van der Waals surface area contributed by atoms with Gasteiger partial charge in [0.25, 0.3) is 0 Å². The Bertz CT molecular complexity index is 686. The Balaban J connectivity index is 1.76. The van der Waals surface area contributed by atoms with Crippen LogP contribution in [-0.2, 0) is 12.8 Å². The van der Waals surface area contributed by atoms with Gasteiger partial charge in [-0.25, -0.2) is 0 Å². The van der Waals surface area contributed by atoms with Crippen molar-refractivity contribution in [2.75, 3.05) is 14.2 Å². The second kappa shape index (κ2) is 6.50. The Morgan fingerprint density at radius 3 is 2.55 bits per heavy atom. The van der Waals surface area contributed by atoms with E-state index >= 15 is 0 Å². The van der Waals surface area contributed by atoms with Gasteiger partial charge in [0.2, 0.25) is 0 Å². The molecule has 0 bridgehead atoms. The molecule has 1 aromatic carbocycles. The number of nitrogens with zero attached hydrogens (tertiary/aromatic N) is 3. The lowest BCUT2D eigenvalue weighted by Gasteiger charge is -2.11. The molecule has 2 aromatic rings. The minimum absolute atomic E-state index is 0.611. The van der Waals surface area contributed by atoms with Crippen LogP contribution in [0, 0.1) is 0 Å². The van der Waals surface area contributed by atoms with Crippen molar-refractivity contribution in [2.45, 2.75) is 29.7 Å². The molecular weight excluding hydrogens is 366 g/mol. The third-order valence-corrected chi connectivity index (χ3v) is 5.53. The summed E-state index contributed by atoms with van der Waals surface area (Å²) in [6.45, 7) is 0. The van der Waals surface area contributed by atoms with Crippen molar-refractivity contribution in [1.29, 1.82) is 0 Å². The second-order valence-corrected chi connectivity index (χ2v) is 7.06. The average molecular weight is 384 g/mol. The van der Waals surface area contributed by atoms with Crippen molar-refractivity contribution in [3.05, 3.63) is 28.0 Å². The van der Waals surface area contributed by atoms with Crippen LogP contribution < -0.4 is 9.47 Å². The van der Waals surface area contributed by atoms with E-state index < -0.39 is 0 Å². The highest BCUT2D eigenvalue weighted by molar-refractivity contribution is 9.10. The van der Waals surface area contributed by atoms with E-state index in [-0.39, 0.29) is 0 Å². The van der Waals surface area contributed by atoms with Gasteiger partial charge in [-0.1, -0.05) is 27.7 Å². The predicted octanol–water partition coefficient (Wildman–Crippen LogP) is 3.76. The van der Waals surface area contributed by atoms with Crippen LogP contribution in [0.1, 0.15) is 30.1 Å². The summed E-state index contributed by atoms with van der Waals surface area (Å²) in [6.07, 6.45) is 2.47. The molecule has 0 radical (unpaired) electrons. The summed E-state index contributed by atoms with van der Waals surface area (Å²) in [7, 11) is 5.32. The number of hydrogen-bond donors (Lipinski definition) is 0. The van der Waals surface area contributed by atoms with E-state index in [1.807, 2.05) is 19.2 Å². The summed E-state index contributed by atoms with van der Waals surface area (Å²) in [5.74, 6) is 3.96. The third kappa shape index (κ3) is 3.10. The van der Waals surface area contributed by atoms with E-state index in [9.17, 15) is 0 Å². The number of thioether (sulfide) groups is 1. The Morgan fingerprint density at radius 1 is 1.23 bits per heavy atom. The van der Waals surface area contributed by atoms with E-state index in [1.54, 1.807) is 26.0 Å².